The van der Waals surface area contributed by atoms with Gasteiger partial charge in [0.05, 0.1) is 5.52 Å². The van der Waals surface area contributed by atoms with Gasteiger partial charge in [-0.2, -0.15) is 0 Å². The zero-order valence-electron chi connectivity index (χ0n) is 14.8. The van der Waals surface area contributed by atoms with Gasteiger partial charge in [0.25, 0.3) is 0 Å². The first-order valence-corrected chi connectivity index (χ1v) is 9.13. The van der Waals surface area contributed by atoms with Gasteiger partial charge in [-0.25, -0.2) is 9.97 Å². The second-order valence-electron chi connectivity index (χ2n) is 7.10. The van der Waals surface area contributed by atoms with E-state index in [-0.39, 0.29) is 0 Å². The van der Waals surface area contributed by atoms with Gasteiger partial charge in [-0.05, 0) is 31.0 Å². The molecule has 1 amide bonds. The first-order chi connectivity index (χ1) is 12.2. The summed E-state index contributed by atoms with van der Waals surface area (Å²) in [6.45, 7) is 5.12. The molecule has 25 heavy (non-hydrogen) atoms. The Kier molecular flexibility index (Phi) is 4.53. The van der Waals surface area contributed by atoms with E-state index in [9.17, 15) is 4.79 Å². The molecule has 0 N–H and O–H groups in total. The van der Waals surface area contributed by atoms with Gasteiger partial charge >= 0.3 is 0 Å². The number of amides is 1. The fourth-order valence-electron chi connectivity index (χ4n) is 3.93. The van der Waals surface area contributed by atoms with Gasteiger partial charge in [0.1, 0.15) is 6.33 Å². The van der Waals surface area contributed by atoms with Crippen molar-refractivity contribution in [3.8, 4) is 0 Å². The molecule has 6 nitrogen and oxygen atoms in total. The standard InChI is InChI=1S/C19H25N5O/c1-22-17(3-2-4-19(22)25)13-23-7-9-24(10-8-23)16-5-6-18-15(11-16)12-20-14-21-18/h5-6,11-12,14,17H,2-4,7-10,13H2,1H3. The number of likely N-dealkylation sites (N-methyl/N-ethyl adjacent to an activating group) is 1. The number of hydrogen-bond acceptors (Lipinski definition) is 5. The van der Waals surface area contributed by atoms with E-state index < -0.39 is 0 Å². The number of nitrogens with zero attached hydrogens (tertiary/aromatic N) is 5. The van der Waals surface area contributed by atoms with Gasteiger partial charge in [-0.15, -0.1) is 0 Å². The molecule has 1 unspecified atom stereocenters. The Bertz CT molecular complexity index is 756. The predicted octanol–water partition coefficient (Wildman–Crippen LogP) is 1.76. The molecule has 2 aromatic rings. The highest BCUT2D eigenvalue weighted by atomic mass is 16.2. The maximum Gasteiger partial charge on any atom is 0.222 e. The van der Waals surface area contributed by atoms with Gasteiger partial charge < -0.3 is 9.80 Å². The summed E-state index contributed by atoms with van der Waals surface area (Å²) in [5, 5.41) is 1.09. The number of fused-ring (bicyclic) bond motifs is 1. The van der Waals surface area contributed by atoms with Crippen LogP contribution >= 0.6 is 0 Å². The summed E-state index contributed by atoms with van der Waals surface area (Å²) in [4.78, 5) is 27.2. The third-order valence-electron chi connectivity index (χ3n) is 5.56. The molecule has 4 rings (SSSR count). The minimum atomic E-state index is 0.299. The van der Waals surface area contributed by atoms with Crippen LogP contribution in [-0.2, 0) is 4.79 Å². The van der Waals surface area contributed by atoms with Crippen molar-refractivity contribution in [2.45, 2.75) is 25.3 Å². The zero-order chi connectivity index (χ0) is 17.2. The van der Waals surface area contributed by atoms with Crippen LogP contribution in [0.2, 0.25) is 0 Å². The topological polar surface area (TPSA) is 52.6 Å². The first kappa shape index (κ1) is 16.3. The molecule has 0 radical (unpaired) electrons. The molecule has 0 saturated carbocycles. The van der Waals surface area contributed by atoms with Crippen LogP contribution in [0.5, 0.6) is 0 Å². The molecule has 2 aliphatic heterocycles. The minimum absolute atomic E-state index is 0.299. The van der Waals surface area contributed by atoms with Gasteiger partial charge in [0.15, 0.2) is 0 Å². The summed E-state index contributed by atoms with van der Waals surface area (Å²) < 4.78 is 0. The van der Waals surface area contributed by atoms with Crippen LogP contribution < -0.4 is 4.90 Å². The van der Waals surface area contributed by atoms with E-state index in [0.717, 1.165) is 56.5 Å². The summed E-state index contributed by atoms with van der Waals surface area (Å²) in [6, 6.07) is 6.78. The highest BCUT2D eigenvalue weighted by molar-refractivity contribution is 5.81. The van der Waals surface area contributed by atoms with Crippen LogP contribution in [0.3, 0.4) is 0 Å². The summed E-state index contributed by atoms with van der Waals surface area (Å²) in [7, 11) is 1.96. The number of piperidine rings is 1. The Balaban J connectivity index is 1.36. The number of aromatic nitrogens is 2. The summed E-state index contributed by atoms with van der Waals surface area (Å²) in [6.07, 6.45) is 6.35. The minimum Gasteiger partial charge on any atom is -0.369 e. The highest BCUT2D eigenvalue weighted by Crippen LogP contribution is 2.22. The van der Waals surface area contributed by atoms with Crippen molar-refractivity contribution >= 4 is 22.5 Å². The van der Waals surface area contributed by atoms with E-state index in [0.29, 0.717) is 18.4 Å². The molecule has 6 heteroatoms. The number of anilines is 1. The van der Waals surface area contributed by atoms with E-state index in [4.69, 9.17) is 0 Å². The summed E-state index contributed by atoms with van der Waals surface area (Å²) in [5.41, 5.74) is 2.23. The maximum atomic E-state index is 11.9. The van der Waals surface area contributed by atoms with E-state index >= 15 is 0 Å². The number of benzene rings is 1. The van der Waals surface area contributed by atoms with Crippen LogP contribution in [0.25, 0.3) is 10.9 Å². The van der Waals surface area contributed by atoms with Crippen LogP contribution in [0.15, 0.2) is 30.7 Å². The Labute approximate surface area is 148 Å². The number of likely N-dealkylation sites (tertiary alicyclic amines) is 1. The SMILES string of the molecule is CN1C(=O)CCCC1CN1CCN(c2ccc3ncncc3c2)CC1. The number of rotatable bonds is 3. The van der Waals surface area contributed by atoms with Crippen molar-refractivity contribution < 1.29 is 4.79 Å². The predicted molar refractivity (Wildman–Crippen MR) is 98.6 cm³/mol. The molecule has 1 atom stereocenters. The van der Waals surface area contributed by atoms with Crippen LogP contribution in [0.1, 0.15) is 19.3 Å². The van der Waals surface area contributed by atoms with Crippen LogP contribution in [0, 0.1) is 0 Å². The Morgan fingerprint density at radius 1 is 1.20 bits per heavy atom. The van der Waals surface area contributed by atoms with E-state index in [1.807, 2.05) is 18.1 Å². The number of piperazine rings is 1. The Morgan fingerprint density at radius 2 is 2.04 bits per heavy atom. The molecule has 132 valence electrons. The average molecular weight is 339 g/mol. The number of hydrogen-bond donors (Lipinski definition) is 0. The fourth-order valence-corrected chi connectivity index (χ4v) is 3.93. The van der Waals surface area contributed by atoms with Crippen molar-refractivity contribution in [3.63, 3.8) is 0 Å². The molecular weight excluding hydrogens is 314 g/mol. The molecule has 0 aliphatic carbocycles. The number of carbonyl (C=O) groups is 1. The van der Waals surface area contributed by atoms with E-state index in [1.165, 1.54) is 5.69 Å². The molecule has 2 aliphatic rings. The smallest absolute Gasteiger partial charge is 0.222 e. The van der Waals surface area contributed by atoms with Gasteiger partial charge in [-0.1, -0.05) is 0 Å². The second-order valence-corrected chi connectivity index (χ2v) is 7.10. The van der Waals surface area contributed by atoms with E-state index in [2.05, 4.69) is 38.0 Å². The lowest BCUT2D eigenvalue weighted by Gasteiger charge is -2.40. The third-order valence-corrected chi connectivity index (χ3v) is 5.56. The largest absolute Gasteiger partial charge is 0.369 e. The zero-order valence-corrected chi connectivity index (χ0v) is 14.8. The first-order valence-electron chi connectivity index (χ1n) is 9.13. The number of carbonyl (C=O) groups excluding carboxylic acids is 1. The molecule has 1 aromatic carbocycles. The molecule has 3 heterocycles. The van der Waals surface area contributed by atoms with Crippen molar-refractivity contribution in [3.05, 3.63) is 30.7 Å². The lowest BCUT2D eigenvalue weighted by Crippen LogP contribution is -2.52. The third kappa shape index (κ3) is 3.44. The van der Waals surface area contributed by atoms with Gasteiger partial charge in [-0.3, -0.25) is 9.69 Å². The van der Waals surface area contributed by atoms with Crippen LogP contribution in [-0.4, -0.2) is 71.5 Å². The summed E-state index contributed by atoms with van der Waals surface area (Å²) in [5.74, 6) is 0.299. The van der Waals surface area contributed by atoms with Gasteiger partial charge in [0, 0.05) is 69.5 Å². The van der Waals surface area contributed by atoms with Crippen molar-refractivity contribution in [2.24, 2.45) is 0 Å². The molecule has 1 aromatic heterocycles. The maximum absolute atomic E-state index is 11.9. The van der Waals surface area contributed by atoms with Crippen LogP contribution in [0.4, 0.5) is 5.69 Å². The normalized spacial score (nSPS) is 22.6. The Hall–Kier alpha value is -2.21. The second kappa shape index (κ2) is 6.96. The van der Waals surface area contributed by atoms with Crippen molar-refractivity contribution in [1.29, 1.82) is 0 Å². The Morgan fingerprint density at radius 3 is 2.88 bits per heavy atom. The van der Waals surface area contributed by atoms with E-state index in [1.54, 1.807) is 6.33 Å². The molecular formula is C19H25N5O. The lowest BCUT2D eigenvalue weighted by molar-refractivity contribution is -0.135. The monoisotopic (exact) mass is 339 g/mol. The molecule has 0 spiro atoms. The molecule has 0 bridgehead atoms. The summed E-state index contributed by atoms with van der Waals surface area (Å²) >= 11 is 0. The highest BCUT2D eigenvalue weighted by Gasteiger charge is 2.27. The fraction of sp³-hybridized carbons (Fsp3) is 0.526. The quantitative estimate of drug-likeness (QED) is 0.853. The van der Waals surface area contributed by atoms with Crippen molar-refractivity contribution in [1.82, 2.24) is 19.8 Å². The van der Waals surface area contributed by atoms with Crippen molar-refractivity contribution in [2.75, 3.05) is 44.7 Å². The van der Waals surface area contributed by atoms with Gasteiger partial charge in [0.2, 0.25) is 5.91 Å². The average Bonchev–Trinajstić information content (AvgIpc) is 2.66. The lowest BCUT2D eigenvalue weighted by atomic mass is 10.0. The molecule has 2 saturated heterocycles. The molecule has 2 fully saturated rings.